The molecule has 3 heterocycles. The second-order valence-corrected chi connectivity index (χ2v) is 8.16. The topological polar surface area (TPSA) is 65.3 Å². The minimum absolute atomic E-state index is 0.217. The normalized spacial score (nSPS) is 19.3. The smallest absolute Gasteiger partial charge is 0.191 e. The molecule has 2 N–H and O–H groups in total. The number of rotatable bonds is 7. The fourth-order valence-electron chi connectivity index (χ4n) is 4.49. The van der Waals surface area contributed by atoms with Crippen molar-refractivity contribution in [3.8, 4) is 0 Å². The summed E-state index contributed by atoms with van der Waals surface area (Å²) in [6, 6.07) is 12.9. The molecular weight excluding hydrogens is 390 g/mol. The number of benzene rings is 1. The lowest BCUT2D eigenvalue weighted by Crippen LogP contribution is -2.44. The highest BCUT2D eigenvalue weighted by Crippen LogP contribution is 2.25. The zero-order chi connectivity index (χ0) is 21.3. The van der Waals surface area contributed by atoms with E-state index in [0.29, 0.717) is 0 Å². The molecule has 2 aliphatic rings. The maximum absolute atomic E-state index is 5.77. The van der Waals surface area contributed by atoms with E-state index in [4.69, 9.17) is 9.15 Å². The number of para-hydroxylation sites is 1. The molecule has 2 fully saturated rings. The maximum atomic E-state index is 5.77. The van der Waals surface area contributed by atoms with Crippen molar-refractivity contribution in [1.29, 1.82) is 0 Å². The van der Waals surface area contributed by atoms with E-state index in [9.17, 15) is 0 Å². The van der Waals surface area contributed by atoms with Gasteiger partial charge in [-0.2, -0.15) is 0 Å². The first-order chi connectivity index (χ1) is 15.3. The van der Waals surface area contributed by atoms with Crippen LogP contribution in [0.5, 0.6) is 0 Å². The van der Waals surface area contributed by atoms with Crippen LogP contribution >= 0.6 is 0 Å². The Morgan fingerprint density at radius 2 is 1.81 bits per heavy atom. The molecule has 31 heavy (non-hydrogen) atoms. The van der Waals surface area contributed by atoms with Gasteiger partial charge in [-0.1, -0.05) is 24.6 Å². The fraction of sp³-hybridized carbons (Fsp3) is 0.542. The second kappa shape index (κ2) is 11.2. The Balaban J connectivity index is 1.36. The first-order valence-electron chi connectivity index (χ1n) is 11.5. The van der Waals surface area contributed by atoms with E-state index < -0.39 is 0 Å². The molecule has 7 heteroatoms. The van der Waals surface area contributed by atoms with Gasteiger partial charge in [0.1, 0.15) is 5.76 Å². The van der Waals surface area contributed by atoms with Crippen LogP contribution in [0.2, 0.25) is 0 Å². The number of aliphatic imine (C=N–C) groups is 1. The van der Waals surface area contributed by atoms with Gasteiger partial charge in [-0.15, -0.1) is 0 Å². The van der Waals surface area contributed by atoms with Crippen LogP contribution in [0, 0.1) is 0 Å². The summed E-state index contributed by atoms with van der Waals surface area (Å²) in [7, 11) is 1.83. The number of anilines is 1. The molecule has 0 bridgehead atoms. The molecule has 0 saturated carbocycles. The average molecular weight is 426 g/mol. The Bertz CT molecular complexity index is 811. The standard InChI is InChI=1S/C24H35N5O2/c1-25-24(26-18-20-8-3-4-9-21(20)29-13-16-30-17-14-29)27-19-22(23-10-7-15-31-23)28-11-5-2-6-12-28/h3-4,7-10,15,22H,2,5-6,11-14,16-19H2,1H3,(H2,25,26,27). The molecule has 1 aromatic carbocycles. The van der Waals surface area contributed by atoms with Crippen molar-refractivity contribution in [1.82, 2.24) is 15.5 Å². The number of hydrogen-bond donors (Lipinski definition) is 2. The number of morpholine rings is 1. The fourth-order valence-corrected chi connectivity index (χ4v) is 4.49. The van der Waals surface area contributed by atoms with E-state index in [-0.39, 0.29) is 6.04 Å². The van der Waals surface area contributed by atoms with Crippen molar-refractivity contribution in [2.45, 2.75) is 31.8 Å². The second-order valence-electron chi connectivity index (χ2n) is 8.16. The van der Waals surface area contributed by atoms with Crippen molar-refractivity contribution in [2.24, 2.45) is 4.99 Å². The molecule has 2 aliphatic heterocycles. The Morgan fingerprint density at radius 3 is 2.55 bits per heavy atom. The Hall–Kier alpha value is -2.51. The van der Waals surface area contributed by atoms with E-state index in [1.165, 1.54) is 30.5 Å². The number of ether oxygens (including phenoxy) is 1. The summed E-state index contributed by atoms with van der Waals surface area (Å²) in [4.78, 5) is 9.38. The minimum Gasteiger partial charge on any atom is -0.468 e. The van der Waals surface area contributed by atoms with Crippen LogP contribution in [-0.2, 0) is 11.3 Å². The zero-order valence-corrected chi connectivity index (χ0v) is 18.6. The van der Waals surface area contributed by atoms with Crippen LogP contribution < -0.4 is 15.5 Å². The summed E-state index contributed by atoms with van der Waals surface area (Å²) in [6.07, 6.45) is 5.59. The summed E-state index contributed by atoms with van der Waals surface area (Å²) in [5.74, 6) is 1.83. The number of guanidine groups is 1. The van der Waals surface area contributed by atoms with Gasteiger partial charge in [-0.3, -0.25) is 9.89 Å². The van der Waals surface area contributed by atoms with Gasteiger partial charge in [-0.25, -0.2) is 0 Å². The van der Waals surface area contributed by atoms with E-state index in [2.05, 4.69) is 55.8 Å². The van der Waals surface area contributed by atoms with Gasteiger partial charge in [-0.05, 0) is 49.7 Å². The highest BCUT2D eigenvalue weighted by molar-refractivity contribution is 5.79. The lowest BCUT2D eigenvalue weighted by molar-refractivity contribution is 0.122. The van der Waals surface area contributed by atoms with Gasteiger partial charge in [0.25, 0.3) is 0 Å². The zero-order valence-electron chi connectivity index (χ0n) is 18.6. The lowest BCUT2D eigenvalue weighted by Gasteiger charge is -2.34. The molecule has 7 nitrogen and oxygen atoms in total. The number of piperidine rings is 1. The van der Waals surface area contributed by atoms with Crippen LogP contribution in [0.25, 0.3) is 0 Å². The van der Waals surface area contributed by atoms with Gasteiger partial charge in [0.05, 0.1) is 25.5 Å². The summed E-state index contributed by atoms with van der Waals surface area (Å²) in [6.45, 7) is 7.17. The molecular formula is C24H35N5O2. The molecule has 2 aromatic rings. The van der Waals surface area contributed by atoms with Crippen molar-refractivity contribution in [3.63, 3.8) is 0 Å². The monoisotopic (exact) mass is 425 g/mol. The molecule has 4 rings (SSSR count). The van der Waals surface area contributed by atoms with Gasteiger partial charge >= 0.3 is 0 Å². The van der Waals surface area contributed by atoms with Crippen LogP contribution in [-0.4, -0.2) is 63.8 Å². The average Bonchev–Trinajstić information content (AvgIpc) is 3.37. The molecule has 0 aliphatic carbocycles. The third kappa shape index (κ3) is 5.80. The first kappa shape index (κ1) is 21.7. The summed E-state index contributed by atoms with van der Waals surface area (Å²) in [5.41, 5.74) is 2.54. The van der Waals surface area contributed by atoms with Gasteiger partial charge < -0.3 is 24.7 Å². The number of likely N-dealkylation sites (tertiary alicyclic amines) is 1. The van der Waals surface area contributed by atoms with Crippen molar-refractivity contribution < 1.29 is 9.15 Å². The molecule has 2 saturated heterocycles. The quantitative estimate of drug-likeness (QED) is 0.525. The summed E-state index contributed by atoms with van der Waals surface area (Å²) >= 11 is 0. The lowest BCUT2D eigenvalue weighted by atomic mass is 10.1. The van der Waals surface area contributed by atoms with Crippen molar-refractivity contribution in [3.05, 3.63) is 54.0 Å². The van der Waals surface area contributed by atoms with E-state index in [1.54, 1.807) is 6.26 Å². The van der Waals surface area contributed by atoms with E-state index >= 15 is 0 Å². The molecule has 1 aromatic heterocycles. The Kier molecular flexibility index (Phi) is 7.85. The maximum Gasteiger partial charge on any atom is 0.191 e. The largest absolute Gasteiger partial charge is 0.468 e. The Labute approximate surface area is 185 Å². The number of hydrogen-bond acceptors (Lipinski definition) is 5. The minimum atomic E-state index is 0.217. The predicted octanol–water partition coefficient (Wildman–Crippen LogP) is 3.01. The molecule has 1 unspecified atom stereocenters. The van der Waals surface area contributed by atoms with Gasteiger partial charge in [0.15, 0.2) is 5.96 Å². The van der Waals surface area contributed by atoms with Crippen molar-refractivity contribution in [2.75, 3.05) is 57.9 Å². The van der Waals surface area contributed by atoms with Gasteiger partial charge in [0, 0.05) is 38.9 Å². The molecule has 0 radical (unpaired) electrons. The van der Waals surface area contributed by atoms with Crippen LogP contribution in [0.3, 0.4) is 0 Å². The molecule has 0 spiro atoms. The third-order valence-electron chi connectivity index (χ3n) is 6.18. The third-order valence-corrected chi connectivity index (χ3v) is 6.18. The van der Waals surface area contributed by atoms with Crippen molar-refractivity contribution >= 4 is 11.6 Å². The molecule has 1 atom stereocenters. The highest BCUT2D eigenvalue weighted by atomic mass is 16.5. The van der Waals surface area contributed by atoms with Crippen LogP contribution in [0.1, 0.15) is 36.6 Å². The number of nitrogens with zero attached hydrogens (tertiary/aromatic N) is 3. The number of nitrogens with one attached hydrogen (secondary N) is 2. The summed E-state index contributed by atoms with van der Waals surface area (Å²) in [5, 5.41) is 7.03. The highest BCUT2D eigenvalue weighted by Gasteiger charge is 2.24. The Morgan fingerprint density at radius 1 is 1.00 bits per heavy atom. The summed E-state index contributed by atoms with van der Waals surface area (Å²) < 4.78 is 11.3. The van der Waals surface area contributed by atoms with Crippen LogP contribution in [0.15, 0.2) is 52.1 Å². The molecule has 0 amide bonds. The van der Waals surface area contributed by atoms with E-state index in [1.807, 2.05) is 13.1 Å². The first-order valence-corrected chi connectivity index (χ1v) is 11.5. The molecule has 168 valence electrons. The SMILES string of the molecule is CN=C(NCc1ccccc1N1CCOCC1)NCC(c1ccco1)N1CCCCC1. The van der Waals surface area contributed by atoms with Gasteiger partial charge in [0.2, 0.25) is 0 Å². The van der Waals surface area contributed by atoms with E-state index in [0.717, 1.165) is 64.2 Å². The van der Waals surface area contributed by atoms with Crippen LogP contribution in [0.4, 0.5) is 5.69 Å². The predicted molar refractivity (Wildman–Crippen MR) is 125 cm³/mol. The number of furan rings is 1.